The zero-order chi connectivity index (χ0) is 20.0. The van der Waals surface area contributed by atoms with E-state index in [0.717, 1.165) is 22.4 Å². The lowest BCUT2D eigenvalue weighted by atomic mass is 10.1. The van der Waals surface area contributed by atoms with Gasteiger partial charge < -0.3 is 20.1 Å². The fourth-order valence-corrected chi connectivity index (χ4v) is 2.81. The number of rotatable bonds is 6. The highest BCUT2D eigenvalue weighted by Gasteiger charge is 2.12. The number of ether oxygens (including phenoxy) is 2. The van der Waals surface area contributed by atoms with Gasteiger partial charge in [0.2, 0.25) is 0 Å². The van der Waals surface area contributed by atoms with Gasteiger partial charge in [-0.25, -0.2) is 0 Å². The van der Waals surface area contributed by atoms with Gasteiger partial charge in [0.05, 0.1) is 14.2 Å². The minimum atomic E-state index is -0.514. The highest BCUT2D eigenvalue weighted by atomic mass is 16.5. The lowest BCUT2D eigenvalue weighted by molar-refractivity contribution is -0.112. The fourth-order valence-electron chi connectivity index (χ4n) is 2.81. The van der Waals surface area contributed by atoms with Gasteiger partial charge in [-0.2, -0.15) is 5.26 Å². The number of benzene rings is 2. The van der Waals surface area contributed by atoms with Crippen molar-refractivity contribution in [2.24, 2.45) is 0 Å². The van der Waals surface area contributed by atoms with E-state index in [0.29, 0.717) is 17.2 Å². The molecule has 6 nitrogen and oxygen atoms in total. The topological polar surface area (TPSA) is 83.4 Å². The summed E-state index contributed by atoms with van der Waals surface area (Å²) in [5.41, 5.74) is 4.59. The number of carbonyl (C=O) groups is 1. The van der Waals surface area contributed by atoms with Crippen LogP contribution in [0.5, 0.6) is 11.5 Å². The second-order valence-corrected chi connectivity index (χ2v) is 6.11. The van der Waals surface area contributed by atoms with Crippen LogP contribution in [-0.4, -0.2) is 20.1 Å². The molecule has 0 fully saturated rings. The van der Waals surface area contributed by atoms with Gasteiger partial charge in [0, 0.05) is 23.6 Å². The molecule has 6 heteroatoms. The summed E-state index contributed by atoms with van der Waals surface area (Å²) in [5.74, 6) is 0.528. The van der Waals surface area contributed by atoms with E-state index in [1.165, 1.54) is 20.4 Å². The van der Waals surface area contributed by atoms with Gasteiger partial charge in [-0.15, -0.1) is 0 Å². The Hall–Kier alpha value is -3.46. The predicted octanol–water partition coefficient (Wildman–Crippen LogP) is 4.09. The Bertz CT molecular complexity index is 904. The third-order valence-corrected chi connectivity index (χ3v) is 4.04. The summed E-state index contributed by atoms with van der Waals surface area (Å²) < 4.78 is 10.4. The number of hydrogen-bond donors (Lipinski definition) is 2. The van der Waals surface area contributed by atoms with Crippen LogP contribution >= 0.6 is 0 Å². The van der Waals surface area contributed by atoms with Crippen LogP contribution in [0.1, 0.15) is 16.7 Å². The van der Waals surface area contributed by atoms with Crippen LogP contribution in [0.4, 0.5) is 11.4 Å². The van der Waals surface area contributed by atoms with E-state index in [4.69, 9.17) is 9.47 Å². The van der Waals surface area contributed by atoms with Crippen molar-refractivity contribution < 1.29 is 14.3 Å². The molecule has 1 amide bonds. The molecular weight excluding hydrogens is 342 g/mol. The molecule has 0 aliphatic carbocycles. The van der Waals surface area contributed by atoms with E-state index in [2.05, 4.69) is 10.6 Å². The minimum absolute atomic E-state index is 0.0378. The maximum atomic E-state index is 12.4. The molecule has 2 aromatic carbocycles. The van der Waals surface area contributed by atoms with Gasteiger partial charge in [0.1, 0.15) is 11.6 Å². The van der Waals surface area contributed by atoms with Gasteiger partial charge >= 0.3 is 0 Å². The Morgan fingerprint density at radius 2 is 1.67 bits per heavy atom. The van der Waals surface area contributed by atoms with Crippen LogP contribution < -0.4 is 20.1 Å². The predicted molar refractivity (Wildman–Crippen MR) is 106 cm³/mol. The van der Waals surface area contributed by atoms with Gasteiger partial charge in [0.15, 0.2) is 11.5 Å². The number of hydrogen-bond acceptors (Lipinski definition) is 5. The molecule has 0 radical (unpaired) electrons. The second kappa shape index (κ2) is 8.77. The van der Waals surface area contributed by atoms with Crippen LogP contribution in [0.3, 0.4) is 0 Å². The summed E-state index contributed by atoms with van der Waals surface area (Å²) in [6.45, 7) is 5.98. The van der Waals surface area contributed by atoms with Crippen molar-refractivity contribution in [1.82, 2.24) is 0 Å². The number of nitrogens with one attached hydrogen (secondary N) is 2. The van der Waals surface area contributed by atoms with Crippen molar-refractivity contribution >= 4 is 17.3 Å². The average Bonchev–Trinajstić information content (AvgIpc) is 2.63. The molecule has 2 N–H and O–H groups in total. The first kappa shape index (κ1) is 19.9. The molecule has 0 spiro atoms. The normalized spacial score (nSPS) is 10.7. The van der Waals surface area contributed by atoms with E-state index in [1.807, 2.05) is 39.0 Å². The molecule has 0 aliphatic rings. The number of nitrogens with zero attached hydrogens (tertiary/aromatic N) is 1. The monoisotopic (exact) mass is 365 g/mol. The molecule has 2 aromatic rings. The lowest BCUT2D eigenvalue weighted by Crippen LogP contribution is -2.15. The third-order valence-electron chi connectivity index (χ3n) is 4.04. The van der Waals surface area contributed by atoms with Crippen LogP contribution in [-0.2, 0) is 4.79 Å². The number of carbonyl (C=O) groups excluding carboxylic acids is 1. The van der Waals surface area contributed by atoms with Crippen molar-refractivity contribution in [3.8, 4) is 17.6 Å². The van der Waals surface area contributed by atoms with Gasteiger partial charge in [-0.05, 0) is 44.0 Å². The Morgan fingerprint density at radius 3 is 2.22 bits per heavy atom. The molecule has 0 bridgehead atoms. The highest BCUT2D eigenvalue weighted by molar-refractivity contribution is 6.06. The Morgan fingerprint density at radius 1 is 1.04 bits per heavy atom. The molecule has 0 aliphatic heterocycles. The van der Waals surface area contributed by atoms with Crippen molar-refractivity contribution in [2.75, 3.05) is 24.9 Å². The van der Waals surface area contributed by atoms with Crippen molar-refractivity contribution in [1.29, 1.82) is 5.26 Å². The summed E-state index contributed by atoms with van der Waals surface area (Å²) in [6.07, 6.45) is 1.42. The standard InChI is InChI=1S/C21H23N3O3/c1-13-8-14(2)20(15(3)9-13)23-12-16(11-22)21(25)24-17-6-7-18(26-4)19(10-17)27-5/h6-10,12,23H,1-5H3,(H,24,25)/b16-12-. The average molecular weight is 365 g/mol. The van der Waals surface area contributed by atoms with E-state index in [-0.39, 0.29) is 5.57 Å². The summed E-state index contributed by atoms with van der Waals surface area (Å²) in [4.78, 5) is 12.4. The molecular formula is C21H23N3O3. The van der Waals surface area contributed by atoms with E-state index in [1.54, 1.807) is 18.2 Å². The first-order chi connectivity index (χ1) is 12.9. The van der Waals surface area contributed by atoms with Crippen LogP contribution in [0.25, 0.3) is 0 Å². The quantitative estimate of drug-likeness (QED) is 0.595. The first-order valence-electron chi connectivity index (χ1n) is 8.37. The van der Waals surface area contributed by atoms with E-state index < -0.39 is 5.91 Å². The number of aryl methyl sites for hydroxylation is 3. The number of methoxy groups -OCH3 is 2. The van der Waals surface area contributed by atoms with E-state index in [9.17, 15) is 10.1 Å². The molecule has 0 unspecified atom stereocenters. The van der Waals surface area contributed by atoms with Crippen LogP contribution in [0.15, 0.2) is 42.1 Å². The van der Waals surface area contributed by atoms with Crippen molar-refractivity contribution in [3.05, 3.63) is 58.8 Å². The lowest BCUT2D eigenvalue weighted by Gasteiger charge is -2.12. The molecule has 0 heterocycles. The highest BCUT2D eigenvalue weighted by Crippen LogP contribution is 2.30. The Labute approximate surface area is 159 Å². The van der Waals surface area contributed by atoms with Crippen molar-refractivity contribution in [2.45, 2.75) is 20.8 Å². The minimum Gasteiger partial charge on any atom is -0.493 e. The molecule has 0 aromatic heterocycles. The van der Waals surface area contributed by atoms with Crippen LogP contribution in [0, 0.1) is 32.1 Å². The maximum absolute atomic E-state index is 12.4. The zero-order valence-electron chi connectivity index (χ0n) is 16.1. The SMILES string of the molecule is COc1ccc(NC(=O)/C(C#N)=C\Nc2c(C)cc(C)cc2C)cc1OC. The van der Waals surface area contributed by atoms with Crippen molar-refractivity contribution in [3.63, 3.8) is 0 Å². The summed E-state index contributed by atoms with van der Waals surface area (Å²) >= 11 is 0. The largest absolute Gasteiger partial charge is 0.493 e. The fraction of sp³-hybridized carbons (Fsp3) is 0.238. The number of anilines is 2. The van der Waals surface area contributed by atoms with Crippen LogP contribution in [0.2, 0.25) is 0 Å². The Kier molecular flexibility index (Phi) is 6.45. The molecule has 0 saturated heterocycles. The van der Waals surface area contributed by atoms with Gasteiger partial charge in [-0.3, -0.25) is 4.79 Å². The zero-order valence-corrected chi connectivity index (χ0v) is 16.1. The first-order valence-corrected chi connectivity index (χ1v) is 8.37. The molecule has 27 heavy (non-hydrogen) atoms. The Balaban J connectivity index is 2.19. The molecule has 0 atom stereocenters. The summed E-state index contributed by atoms with van der Waals surface area (Å²) in [6, 6.07) is 11.0. The second-order valence-electron chi connectivity index (χ2n) is 6.11. The smallest absolute Gasteiger partial charge is 0.267 e. The van der Waals surface area contributed by atoms with E-state index >= 15 is 0 Å². The molecule has 2 rings (SSSR count). The molecule has 140 valence electrons. The van der Waals surface area contributed by atoms with Gasteiger partial charge in [0.25, 0.3) is 5.91 Å². The third kappa shape index (κ3) is 4.79. The number of nitriles is 1. The maximum Gasteiger partial charge on any atom is 0.267 e. The van der Waals surface area contributed by atoms with Gasteiger partial charge in [-0.1, -0.05) is 17.7 Å². The number of amides is 1. The summed E-state index contributed by atoms with van der Waals surface area (Å²) in [5, 5.41) is 15.1. The molecule has 0 saturated carbocycles. The summed E-state index contributed by atoms with van der Waals surface area (Å²) in [7, 11) is 3.05.